The van der Waals surface area contributed by atoms with Gasteiger partial charge in [-0.1, -0.05) is 90.1 Å². The van der Waals surface area contributed by atoms with Crippen molar-refractivity contribution in [3.05, 3.63) is 89.6 Å². The van der Waals surface area contributed by atoms with Gasteiger partial charge in [0.25, 0.3) is 0 Å². The van der Waals surface area contributed by atoms with E-state index in [0.717, 1.165) is 11.1 Å². The van der Waals surface area contributed by atoms with E-state index in [2.05, 4.69) is 51.5 Å². The van der Waals surface area contributed by atoms with Gasteiger partial charge in [0.15, 0.2) is 0 Å². The van der Waals surface area contributed by atoms with Crippen LogP contribution in [0.15, 0.2) is 48.5 Å². The summed E-state index contributed by atoms with van der Waals surface area (Å²) in [6.45, 7) is 12.8. The van der Waals surface area contributed by atoms with E-state index < -0.39 is 0 Å². The molecule has 0 radical (unpaired) electrons. The molecule has 3 rings (SSSR count). The molecule has 0 N–H and O–H groups in total. The fourth-order valence-electron chi connectivity index (χ4n) is 3.20. The standard InChI is InChI=1S/C26H26I2N2O2/c1-25(2,3)17-11-7-15(8-12-17)21(31)19-23(27)30-20(24(28)29-19)22(32)16-9-13-18(14-10-16)26(4,5)6/h7-14H,1-6H3. The quantitative estimate of drug-likeness (QED) is 0.232. The molecule has 1 aromatic heterocycles. The number of aromatic nitrogens is 2. The van der Waals surface area contributed by atoms with Gasteiger partial charge in [0.1, 0.15) is 18.8 Å². The van der Waals surface area contributed by atoms with Crippen LogP contribution in [0, 0.1) is 7.40 Å². The zero-order valence-electron chi connectivity index (χ0n) is 19.1. The first-order chi connectivity index (χ1) is 14.8. The fourth-order valence-corrected chi connectivity index (χ4v) is 4.41. The van der Waals surface area contributed by atoms with Crippen LogP contribution in [0.2, 0.25) is 0 Å². The average Bonchev–Trinajstić information content (AvgIpc) is 2.73. The van der Waals surface area contributed by atoms with Gasteiger partial charge in [0, 0.05) is 11.1 Å². The number of nitrogens with zero attached hydrogens (tertiary/aromatic N) is 2. The van der Waals surface area contributed by atoms with Crippen molar-refractivity contribution in [1.82, 2.24) is 9.97 Å². The Hall–Kier alpha value is -1.68. The molecule has 0 aliphatic heterocycles. The summed E-state index contributed by atoms with van der Waals surface area (Å²) in [7, 11) is 0. The first-order valence-corrected chi connectivity index (χ1v) is 12.5. The van der Waals surface area contributed by atoms with E-state index in [0.29, 0.717) is 18.5 Å². The minimum absolute atomic E-state index is 0.0122. The fraction of sp³-hybridized carbons (Fsp3) is 0.308. The summed E-state index contributed by atoms with van der Waals surface area (Å²) in [5, 5.41) is 0. The van der Waals surface area contributed by atoms with Crippen LogP contribution in [0.3, 0.4) is 0 Å². The average molecular weight is 652 g/mol. The molecule has 6 heteroatoms. The van der Waals surface area contributed by atoms with E-state index in [1.165, 1.54) is 0 Å². The van der Waals surface area contributed by atoms with Gasteiger partial charge in [-0.05, 0) is 67.1 Å². The zero-order chi connectivity index (χ0) is 23.8. The SMILES string of the molecule is CC(C)(C)c1ccc(C(=O)c2nc(I)c(C(=O)c3ccc(C(C)(C)C)cc3)nc2I)cc1. The molecular weight excluding hydrogens is 626 g/mol. The minimum atomic E-state index is -0.200. The maximum Gasteiger partial charge on any atom is 0.214 e. The second-order valence-corrected chi connectivity index (χ2v) is 11.9. The highest BCUT2D eigenvalue weighted by molar-refractivity contribution is 14.1. The first-order valence-electron chi connectivity index (χ1n) is 10.3. The highest BCUT2D eigenvalue weighted by Crippen LogP contribution is 2.25. The topological polar surface area (TPSA) is 59.9 Å². The van der Waals surface area contributed by atoms with Crippen LogP contribution in [0.4, 0.5) is 0 Å². The second-order valence-electron chi connectivity index (χ2n) is 9.82. The summed E-state index contributed by atoms with van der Waals surface area (Å²) in [4.78, 5) is 35.1. The maximum atomic E-state index is 13.1. The third kappa shape index (κ3) is 5.44. The molecule has 0 spiro atoms. The van der Waals surface area contributed by atoms with Gasteiger partial charge in [0.05, 0.1) is 0 Å². The lowest BCUT2D eigenvalue weighted by molar-refractivity contribution is 0.101. The van der Waals surface area contributed by atoms with Crippen LogP contribution in [-0.4, -0.2) is 21.5 Å². The smallest absolute Gasteiger partial charge is 0.214 e. The van der Waals surface area contributed by atoms with Gasteiger partial charge in [0.2, 0.25) is 11.6 Å². The number of hydrogen-bond donors (Lipinski definition) is 0. The predicted molar refractivity (Wildman–Crippen MR) is 145 cm³/mol. The van der Waals surface area contributed by atoms with Gasteiger partial charge in [-0.15, -0.1) is 0 Å². The van der Waals surface area contributed by atoms with E-state index in [4.69, 9.17) is 0 Å². The normalized spacial score (nSPS) is 12.0. The van der Waals surface area contributed by atoms with Crippen LogP contribution in [-0.2, 0) is 10.8 Å². The van der Waals surface area contributed by atoms with Crippen molar-refractivity contribution in [3.63, 3.8) is 0 Å². The summed E-state index contributed by atoms with van der Waals surface area (Å²) in [5.41, 5.74) is 3.97. The van der Waals surface area contributed by atoms with Crippen molar-refractivity contribution in [3.8, 4) is 0 Å². The number of halogens is 2. The van der Waals surface area contributed by atoms with Gasteiger partial charge in [-0.25, -0.2) is 9.97 Å². The molecule has 0 unspecified atom stereocenters. The Morgan fingerprint density at radius 1 is 0.594 bits per heavy atom. The largest absolute Gasteiger partial charge is 0.287 e. The van der Waals surface area contributed by atoms with Crippen LogP contribution in [0.5, 0.6) is 0 Å². The molecule has 166 valence electrons. The number of carbonyl (C=O) groups excluding carboxylic acids is 2. The summed E-state index contributed by atoms with van der Waals surface area (Å²) < 4.78 is 0.838. The van der Waals surface area contributed by atoms with Crippen molar-refractivity contribution in [2.24, 2.45) is 0 Å². The monoisotopic (exact) mass is 652 g/mol. The molecular formula is C26H26I2N2O2. The maximum absolute atomic E-state index is 13.1. The summed E-state index contributed by atoms with van der Waals surface area (Å²) in [6, 6.07) is 15.2. The summed E-state index contributed by atoms with van der Waals surface area (Å²) >= 11 is 3.97. The number of ketones is 2. The Morgan fingerprint density at radius 2 is 0.875 bits per heavy atom. The molecule has 0 fully saturated rings. The van der Waals surface area contributed by atoms with Gasteiger partial charge >= 0.3 is 0 Å². The van der Waals surface area contributed by atoms with Gasteiger partial charge in [-0.2, -0.15) is 0 Å². The molecule has 0 atom stereocenters. The van der Waals surface area contributed by atoms with Crippen LogP contribution in [0.25, 0.3) is 0 Å². The Kier molecular flexibility index (Phi) is 7.24. The Balaban J connectivity index is 1.91. The van der Waals surface area contributed by atoms with Crippen LogP contribution >= 0.6 is 45.2 Å². The van der Waals surface area contributed by atoms with Crippen LogP contribution in [0.1, 0.15) is 84.8 Å². The number of hydrogen-bond acceptors (Lipinski definition) is 4. The van der Waals surface area contributed by atoms with Crippen molar-refractivity contribution in [2.45, 2.75) is 52.4 Å². The molecule has 32 heavy (non-hydrogen) atoms. The number of rotatable bonds is 4. The minimum Gasteiger partial charge on any atom is -0.287 e. The molecule has 0 aliphatic carbocycles. The van der Waals surface area contributed by atoms with E-state index in [1.54, 1.807) is 0 Å². The molecule has 0 aliphatic rings. The predicted octanol–water partition coefficient (Wildman–Crippen LogP) is 6.74. The Labute approximate surface area is 216 Å². The third-order valence-corrected chi connectivity index (χ3v) is 6.77. The second kappa shape index (κ2) is 9.29. The molecule has 0 saturated heterocycles. The van der Waals surface area contributed by atoms with E-state index >= 15 is 0 Å². The molecule has 0 bridgehead atoms. The molecule has 0 saturated carbocycles. The highest BCUT2D eigenvalue weighted by Gasteiger charge is 2.23. The molecule has 0 amide bonds. The van der Waals surface area contributed by atoms with Crippen molar-refractivity contribution in [2.75, 3.05) is 0 Å². The molecule has 3 aromatic rings. The highest BCUT2D eigenvalue weighted by atomic mass is 127. The van der Waals surface area contributed by atoms with Gasteiger partial charge in [-0.3, -0.25) is 9.59 Å². The zero-order valence-corrected chi connectivity index (χ0v) is 23.4. The Bertz CT molecular complexity index is 1080. The van der Waals surface area contributed by atoms with Crippen molar-refractivity contribution in [1.29, 1.82) is 0 Å². The van der Waals surface area contributed by atoms with E-state index in [-0.39, 0.29) is 33.8 Å². The first kappa shape index (κ1) is 25.0. The summed E-state index contributed by atoms with van der Waals surface area (Å²) in [5.74, 6) is -0.400. The summed E-state index contributed by atoms with van der Waals surface area (Å²) in [6.07, 6.45) is 0. The van der Waals surface area contributed by atoms with E-state index in [1.807, 2.05) is 93.7 Å². The lowest BCUT2D eigenvalue weighted by Gasteiger charge is -2.19. The number of benzene rings is 2. The molecule has 4 nitrogen and oxygen atoms in total. The lowest BCUT2D eigenvalue weighted by Crippen LogP contribution is -2.16. The van der Waals surface area contributed by atoms with E-state index in [9.17, 15) is 9.59 Å². The molecule has 2 aromatic carbocycles. The number of carbonyl (C=O) groups is 2. The molecule has 1 heterocycles. The van der Waals surface area contributed by atoms with Crippen molar-refractivity contribution >= 4 is 56.7 Å². The van der Waals surface area contributed by atoms with Gasteiger partial charge < -0.3 is 0 Å². The van der Waals surface area contributed by atoms with Crippen molar-refractivity contribution < 1.29 is 9.59 Å². The lowest BCUT2D eigenvalue weighted by atomic mass is 9.86. The third-order valence-electron chi connectivity index (χ3n) is 5.27. The van der Waals surface area contributed by atoms with Crippen LogP contribution < -0.4 is 0 Å². The Morgan fingerprint density at radius 3 is 1.12 bits per heavy atom.